The second-order valence-electron chi connectivity index (χ2n) is 6.16. The van der Waals surface area contributed by atoms with Gasteiger partial charge in [-0.05, 0) is 44.6 Å². The maximum Gasteiger partial charge on any atom is 0.0596 e. The molecule has 1 heterocycles. The van der Waals surface area contributed by atoms with Crippen LogP contribution in [0, 0.1) is 12.3 Å². The number of hydrogen-bond donors (Lipinski definition) is 1. The van der Waals surface area contributed by atoms with E-state index in [0.29, 0.717) is 11.5 Å². The minimum absolute atomic E-state index is 0.490. The predicted octanol–water partition coefficient (Wildman–Crippen LogP) is 2.92. The lowest BCUT2D eigenvalue weighted by Gasteiger charge is -2.43. The molecule has 0 spiro atoms. The average molecular weight is 249 g/mol. The van der Waals surface area contributed by atoms with Crippen molar-refractivity contribution < 1.29 is 0 Å². The number of nitrogens with zero attached hydrogens (tertiary/aromatic N) is 2. The van der Waals surface area contributed by atoms with Crippen molar-refractivity contribution in [3.63, 3.8) is 0 Å². The van der Waals surface area contributed by atoms with Crippen LogP contribution >= 0.6 is 0 Å². The Balaban J connectivity index is 2.05. The third-order valence-corrected chi connectivity index (χ3v) is 4.14. The number of rotatable bonds is 6. The zero-order valence-electron chi connectivity index (χ0n) is 12.3. The standard InChI is InChI=1S/C15H27N3/c1-5-18-14(9-13(4)17-18)10-15(7-6-8-15)11-16-12(2)3/h9,12,16H,5-8,10-11H2,1-4H3. The van der Waals surface area contributed by atoms with Crippen LogP contribution in [0.2, 0.25) is 0 Å². The summed E-state index contributed by atoms with van der Waals surface area (Å²) in [5.74, 6) is 0. The Hall–Kier alpha value is -0.830. The van der Waals surface area contributed by atoms with Gasteiger partial charge in [-0.15, -0.1) is 0 Å². The molecule has 0 radical (unpaired) electrons. The molecule has 3 heteroatoms. The van der Waals surface area contributed by atoms with Crippen molar-refractivity contribution in [3.8, 4) is 0 Å². The van der Waals surface area contributed by atoms with Crippen molar-refractivity contribution >= 4 is 0 Å². The quantitative estimate of drug-likeness (QED) is 0.840. The van der Waals surface area contributed by atoms with Gasteiger partial charge in [0.25, 0.3) is 0 Å². The van der Waals surface area contributed by atoms with Crippen molar-refractivity contribution in [1.82, 2.24) is 15.1 Å². The van der Waals surface area contributed by atoms with Gasteiger partial charge in [0.15, 0.2) is 0 Å². The fourth-order valence-electron chi connectivity index (χ4n) is 2.91. The van der Waals surface area contributed by atoms with E-state index >= 15 is 0 Å². The van der Waals surface area contributed by atoms with Crippen LogP contribution in [0.15, 0.2) is 6.07 Å². The van der Waals surface area contributed by atoms with E-state index in [2.05, 4.69) is 48.9 Å². The molecule has 1 aliphatic rings. The van der Waals surface area contributed by atoms with Crippen LogP contribution < -0.4 is 5.32 Å². The highest BCUT2D eigenvalue weighted by Gasteiger charge is 2.37. The van der Waals surface area contributed by atoms with Crippen molar-refractivity contribution in [3.05, 3.63) is 17.5 Å². The number of aromatic nitrogens is 2. The van der Waals surface area contributed by atoms with Gasteiger partial charge >= 0.3 is 0 Å². The zero-order valence-corrected chi connectivity index (χ0v) is 12.3. The molecule has 0 unspecified atom stereocenters. The van der Waals surface area contributed by atoms with E-state index in [0.717, 1.165) is 18.8 Å². The van der Waals surface area contributed by atoms with Crippen LogP contribution in [0.3, 0.4) is 0 Å². The molecule has 18 heavy (non-hydrogen) atoms. The summed E-state index contributed by atoms with van der Waals surface area (Å²) >= 11 is 0. The van der Waals surface area contributed by atoms with E-state index in [4.69, 9.17) is 0 Å². The van der Waals surface area contributed by atoms with Gasteiger partial charge < -0.3 is 5.32 Å². The van der Waals surface area contributed by atoms with Crippen LogP contribution in [0.25, 0.3) is 0 Å². The molecule has 0 saturated heterocycles. The van der Waals surface area contributed by atoms with Gasteiger partial charge in [-0.1, -0.05) is 20.3 Å². The largest absolute Gasteiger partial charge is 0.314 e. The Morgan fingerprint density at radius 2 is 2.17 bits per heavy atom. The van der Waals surface area contributed by atoms with Crippen molar-refractivity contribution in [2.45, 2.75) is 66.0 Å². The molecule has 1 aliphatic carbocycles. The Morgan fingerprint density at radius 3 is 2.67 bits per heavy atom. The molecular weight excluding hydrogens is 222 g/mol. The Bertz CT molecular complexity index is 388. The van der Waals surface area contributed by atoms with Gasteiger partial charge in [0.1, 0.15) is 0 Å². The number of aryl methyl sites for hydroxylation is 2. The first-order chi connectivity index (χ1) is 8.54. The molecule has 0 bridgehead atoms. The minimum Gasteiger partial charge on any atom is -0.314 e. The summed E-state index contributed by atoms with van der Waals surface area (Å²) in [6, 6.07) is 2.85. The van der Waals surface area contributed by atoms with E-state index in [9.17, 15) is 0 Å². The fourth-order valence-corrected chi connectivity index (χ4v) is 2.91. The first-order valence-corrected chi connectivity index (χ1v) is 7.31. The molecule has 1 fully saturated rings. The first-order valence-electron chi connectivity index (χ1n) is 7.31. The molecule has 1 saturated carbocycles. The minimum atomic E-state index is 0.490. The Kier molecular flexibility index (Phi) is 4.10. The highest BCUT2D eigenvalue weighted by Crippen LogP contribution is 2.43. The summed E-state index contributed by atoms with van der Waals surface area (Å²) in [6.45, 7) is 10.9. The summed E-state index contributed by atoms with van der Waals surface area (Å²) in [4.78, 5) is 0. The van der Waals surface area contributed by atoms with Gasteiger partial charge in [0.05, 0.1) is 5.69 Å². The van der Waals surface area contributed by atoms with E-state index < -0.39 is 0 Å². The predicted molar refractivity (Wildman–Crippen MR) is 75.8 cm³/mol. The summed E-state index contributed by atoms with van der Waals surface area (Å²) in [5, 5.41) is 8.19. The molecule has 2 rings (SSSR count). The number of hydrogen-bond acceptors (Lipinski definition) is 2. The Morgan fingerprint density at radius 1 is 1.44 bits per heavy atom. The summed E-state index contributed by atoms with van der Waals surface area (Å²) < 4.78 is 2.17. The summed E-state index contributed by atoms with van der Waals surface area (Å²) in [5.41, 5.74) is 3.06. The van der Waals surface area contributed by atoms with E-state index in [1.54, 1.807) is 0 Å². The highest BCUT2D eigenvalue weighted by molar-refractivity contribution is 5.13. The molecule has 1 aromatic rings. The third kappa shape index (κ3) is 2.94. The van der Waals surface area contributed by atoms with E-state index in [-0.39, 0.29) is 0 Å². The normalized spacial score (nSPS) is 18.1. The average Bonchev–Trinajstić information content (AvgIpc) is 2.62. The molecule has 0 aromatic carbocycles. The van der Waals surface area contributed by atoms with Gasteiger partial charge in [0.2, 0.25) is 0 Å². The molecule has 1 N–H and O–H groups in total. The molecule has 3 nitrogen and oxygen atoms in total. The monoisotopic (exact) mass is 249 g/mol. The lowest BCUT2D eigenvalue weighted by atomic mass is 9.66. The van der Waals surface area contributed by atoms with Crippen molar-refractivity contribution in [2.24, 2.45) is 5.41 Å². The van der Waals surface area contributed by atoms with Gasteiger partial charge in [-0.3, -0.25) is 4.68 Å². The van der Waals surface area contributed by atoms with Crippen LogP contribution in [0.5, 0.6) is 0 Å². The van der Waals surface area contributed by atoms with Crippen LogP contribution in [-0.4, -0.2) is 22.4 Å². The van der Waals surface area contributed by atoms with Crippen LogP contribution in [0.4, 0.5) is 0 Å². The fraction of sp³-hybridized carbons (Fsp3) is 0.800. The number of nitrogens with one attached hydrogen (secondary N) is 1. The maximum absolute atomic E-state index is 4.56. The first kappa shape index (κ1) is 13.6. The smallest absolute Gasteiger partial charge is 0.0596 e. The second kappa shape index (κ2) is 5.43. The maximum atomic E-state index is 4.56. The van der Waals surface area contributed by atoms with Gasteiger partial charge in [-0.2, -0.15) is 5.10 Å². The molecule has 0 aliphatic heterocycles. The second-order valence-corrected chi connectivity index (χ2v) is 6.16. The molecule has 1 aromatic heterocycles. The zero-order chi connectivity index (χ0) is 13.2. The highest BCUT2D eigenvalue weighted by atomic mass is 15.3. The summed E-state index contributed by atoms with van der Waals surface area (Å²) in [6.07, 6.45) is 5.29. The summed E-state index contributed by atoms with van der Waals surface area (Å²) in [7, 11) is 0. The topological polar surface area (TPSA) is 29.9 Å². The van der Waals surface area contributed by atoms with Gasteiger partial charge in [0, 0.05) is 24.8 Å². The molecule has 0 amide bonds. The molecular formula is C15H27N3. The SMILES string of the molecule is CCn1nc(C)cc1CC1(CNC(C)C)CCC1. The Labute approximate surface area is 111 Å². The van der Waals surface area contributed by atoms with Crippen LogP contribution in [0.1, 0.15) is 51.4 Å². The lowest BCUT2D eigenvalue weighted by Crippen LogP contribution is -2.44. The third-order valence-electron chi connectivity index (χ3n) is 4.14. The van der Waals surface area contributed by atoms with Crippen molar-refractivity contribution in [1.29, 1.82) is 0 Å². The van der Waals surface area contributed by atoms with Gasteiger partial charge in [-0.25, -0.2) is 0 Å². The molecule has 102 valence electrons. The lowest BCUT2D eigenvalue weighted by molar-refractivity contribution is 0.123. The van der Waals surface area contributed by atoms with Crippen LogP contribution in [-0.2, 0) is 13.0 Å². The van der Waals surface area contributed by atoms with E-state index in [1.807, 2.05) is 0 Å². The molecule has 0 atom stereocenters. The van der Waals surface area contributed by atoms with E-state index in [1.165, 1.54) is 31.4 Å². The van der Waals surface area contributed by atoms with Crippen molar-refractivity contribution in [2.75, 3.05) is 6.54 Å².